The number of carbonyl (C=O) groups excluding carboxylic acids is 2. The van der Waals surface area contributed by atoms with Gasteiger partial charge in [-0.25, -0.2) is 0 Å². The average Bonchev–Trinajstić information content (AvgIpc) is 2.43. The first-order valence-corrected chi connectivity index (χ1v) is 8.25. The van der Waals surface area contributed by atoms with Crippen molar-refractivity contribution in [3.8, 4) is 0 Å². The van der Waals surface area contributed by atoms with Gasteiger partial charge in [0.05, 0.1) is 7.11 Å². The number of rotatable bonds is 5. The Balaban J connectivity index is 2.64. The minimum Gasteiger partial charge on any atom is -0.469 e. The zero-order valence-electron chi connectivity index (χ0n) is 14.9. The Bertz CT molecular complexity index is 388. The molecule has 22 heavy (non-hydrogen) atoms. The maximum absolute atomic E-state index is 12.2. The number of likely N-dealkylation sites (tertiary alicyclic amines) is 1. The molecule has 1 aliphatic heterocycles. The molecule has 0 radical (unpaired) electrons. The van der Waals surface area contributed by atoms with Gasteiger partial charge in [0.15, 0.2) is 0 Å². The van der Waals surface area contributed by atoms with Crippen molar-refractivity contribution in [3.63, 3.8) is 0 Å². The molecule has 2 unspecified atom stereocenters. The third-order valence-electron chi connectivity index (χ3n) is 4.30. The molecule has 1 saturated heterocycles. The van der Waals surface area contributed by atoms with Crippen LogP contribution in [0.4, 0.5) is 0 Å². The van der Waals surface area contributed by atoms with Crippen LogP contribution in [0, 0.1) is 11.3 Å². The number of nitrogens with zero attached hydrogens (tertiary/aromatic N) is 1. The number of nitrogens with one attached hydrogen (secondary N) is 1. The largest absolute Gasteiger partial charge is 0.469 e. The zero-order chi connectivity index (χ0) is 16.9. The van der Waals surface area contributed by atoms with Crippen molar-refractivity contribution in [1.82, 2.24) is 10.2 Å². The van der Waals surface area contributed by atoms with Crippen LogP contribution in [0.2, 0.25) is 0 Å². The maximum atomic E-state index is 12.2. The van der Waals surface area contributed by atoms with E-state index in [-0.39, 0.29) is 23.3 Å². The zero-order valence-corrected chi connectivity index (χ0v) is 14.9. The fraction of sp³-hybridized carbons (Fsp3) is 0.882. The van der Waals surface area contributed by atoms with Gasteiger partial charge in [-0.1, -0.05) is 20.8 Å². The first-order valence-electron chi connectivity index (χ1n) is 8.25. The van der Waals surface area contributed by atoms with Gasteiger partial charge in [0.2, 0.25) is 5.91 Å². The van der Waals surface area contributed by atoms with Crippen molar-refractivity contribution in [2.24, 2.45) is 11.3 Å². The molecular weight excluding hydrogens is 280 g/mol. The van der Waals surface area contributed by atoms with E-state index in [0.29, 0.717) is 18.4 Å². The van der Waals surface area contributed by atoms with E-state index in [0.717, 1.165) is 25.9 Å². The van der Waals surface area contributed by atoms with E-state index in [2.05, 4.69) is 24.1 Å². The summed E-state index contributed by atoms with van der Waals surface area (Å²) in [4.78, 5) is 26.0. The van der Waals surface area contributed by atoms with Crippen molar-refractivity contribution in [2.75, 3.05) is 20.2 Å². The van der Waals surface area contributed by atoms with Crippen LogP contribution in [0.1, 0.15) is 53.9 Å². The van der Waals surface area contributed by atoms with E-state index in [1.807, 2.05) is 20.8 Å². The molecule has 1 rings (SSSR count). The van der Waals surface area contributed by atoms with Gasteiger partial charge >= 0.3 is 5.97 Å². The van der Waals surface area contributed by atoms with Gasteiger partial charge < -0.3 is 10.1 Å². The third kappa shape index (κ3) is 5.95. The molecule has 1 fully saturated rings. The monoisotopic (exact) mass is 312 g/mol. The summed E-state index contributed by atoms with van der Waals surface area (Å²) >= 11 is 0. The number of hydrogen-bond donors (Lipinski definition) is 1. The molecule has 0 aromatic carbocycles. The highest BCUT2D eigenvalue weighted by atomic mass is 16.5. The molecule has 2 atom stereocenters. The lowest BCUT2D eigenvalue weighted by atomic mass is 9.88. The van der Waals surface area contributed by atoms with Crippen LogP contribution in [0.5, 0.6) is 0 Å². The Morgan fingerprint density at radius 2 is 1.91 bits per heavy atom. The highest BCUT2D eigenvalue weighted by molar-refractivity contribution is 5.81. The Labute approximate surface area is 134 Å². The number of esters is 1. The standard InChI is InChI=1S/C17H32N2O3/c1-12(2)19-10-13(7-8-15(20)22-6)9-14(11-19)18-16(21)17(3,4)5/h12-14H,7-11H2,1-6H3,(H,18,21). The van der Waals surface area contributed by atoms with Crippen LogP contribution in [0.15, 0.2) is 0 Å². The van der Waals surface area contributed by atoms with E-state index in [4.69, 9.17) is 4.74 Å². The second-order valence-corrected chi connectivity index (χ2v) is 7.68. The van der Waals surface area contributed by atoms with Crippen LogP contribution in [-0.2, 0) is 14.3 Å². The van der Waals surface area contributed by atoms with Crippen molar-refractivity contribution >= 4 is 11.9 Å². The summed E-state index contributed by atoms with van der Waals surface area (Å²) in [5.41, 5.74) is -0.373. The lowest BCUT2D eigenvalue weighted by Gasteiger charge is -2.41. The summed E-state index contributed by atoms with van der Waals surface area (Å²) in [6.45, 7) is 12.0. The minimum absolute atomic E-state index is 0.0924. The average molecular weight is 312 g/mol. The topological polar surface area (TPSA) is 58.6 Å². The third-order valence-corrected chi connectivity index (χ3v) is 4.30. The first kappa shape index (κ1) is 18.9. The van der Waals surface area contributed by atoms with Gasteiger partial charge in [-0.3, -0.25) is 14.5 Å². The second-order valence-electron chi connectivity index (χ2n) is 7.68. The van der Waals surface area contributed by atoms with Crippen molar-refractivity contribution in [1.29, 1.82) is 0 Å². The van der Waals surface area contributed by atoms with Gasteiger partial charge in [0.25, 0.3) is 0 Å². The summed E-state index contributed by atoms with van der Waals surface area (Å²) in [6, 6.07) is 0.598. The number of carbonyl (C=O) groups is 2. The molecule has 1 N–H and O–H groups in total. The van der Waals surface area contributed by atoms with Gasteiger partial charge in [-0.15, -0.1) is 0 Å². The summed E-state index contributed by atoms with van der Waals surface area (Å²) in [6.07, 6.45) is 2.20. The molecule has 0 spiro atoms. The molecule has 128 valence electrons. The Hall–Kier alpha value is -1.10. The molecular formula is C17H32N2O3. The van der Waals surface area contributed by atoms with Crippen LogP contribution < -0.4 is 5.32 Å². The first-order chi connectivity index (χ1) is 10.1. The highest BCUT2D eigenvalue weighted by Gasteiger charge is 2.32. The molecule has 0 aromatic heterocycles. The second kappa shape index (κ2) is 7.95. The summed E-state index contributed by atoms with van der Waals surface area (Å²) in [5, 5.41) is 3.18. The maximum Gasteiger partial charge on any atom is 0.305 e. The van der Waals surface area contributed by atoms with E-state index in [1.54, 1.807) is 0 Å². The van der Waals surface area contributed by atoms with Gasteiger partial charge in [-0.05, 0) is 32.6 Å². The fourth-order valence-corrected chi connectivity index (χ4v) is 2.80. The predicted molar refractivity (Wildman–Crippen MR) is 87.5 cm³/mol. The molecule has 0 saturated carbocycles. The Morgan fingerprint density at radius 1 is 1.27 bits per heavy atom. The predicted octanol–water partition coefficient (Wildman–Crippen LogP) is 2.20. The summed E-state index contributed by atoms with van der Waals surface area (Å²) in [5.74, 6) is 0.354. The molecule has 0 aliphatic carbocycles. The van der Waals surface area contributed by atoms with E-state index < -0.39 is 0 Å². The van der Waals surface area contributed by atoms with Crippen molar-refractivity contribution in [3.05, 3.63) is 0 Å². The SMILES string of the molecule is COC(=O)CCC1CC(NC(=O)C(C)(C)C)CN(C(C)C)C1. The number of amides is 1. The summed E-state index contributed by atoms with van der Waals surface area (Å²) in [7, 11) is 1.43. The normalized spacial score (nSPS) is 23.4. The van der Waals surface area contributed by atoms with Crippen LogP contribution in [-0.4, -0.2) is 49.1 Å². The van der Waals surface area contributed by atoms with Crippen LogP contribution in [0.3, 0.4) is 0 Å². The van der Waals surface area contributed by atoms with Gasteiger partial charge in [0, 0.05) is 37.0 Å². The number of ether oxygens (including phenoxy) is 1. The smallest absolute Gasteiger partial charge is 0.305 e. The van der Waals surface area contributed by atoms with Gasteiger partial charge in [0.1, 0.15) is 0 Å². The molecule has 0 bridgehead atoms. The highest BCUT2D eigenvalue weighted by Crippen LogP contribution is 2.24. The number of piperidine rings is 1. The lowest BCUT2D eigenvalue weighted by molar-refractivity contribution is -0.141. The van der Waals surface area contributed by atoms with E-state index in [1.165, 1.54) is 7.11 Å². The van der Waals surface area contributed by atoms with E-state index in [9.17, 15) is 9.59 Å². The molecule has 5 nitrogen and oxygen atoms in total. The lowest BCUT2D eigenvalue weighted by Crippen LogP contribution is -2.54. The molecule has 5 heteroatoms. The minimum atomic E-state index is -0.373. The van der Waals surface area contributed by atoms with Crippen molar-refractivity contribution < 1.29 is 14.3 Å². The Morgan fingerprint density at radius 3 is 2.41 bits per heavy atom. The quantitative estimate of drug-likeness (QED) is 0.791. The van der Waals surface area contributed by atoms with E-state index >= 15 is 0 Å². The molecule has 1 heterocycles. The molecule has 1 amide bonds. The number of hydrogen-bond acceptors (Lipinski definition) is 4. The molecule has 1 aliphatic rings. The van der Waals surface area contributed by atoms with Crippen LogP contribution in [0.25, 0.3) is 0 Å². The van der Waals surface area contributed by atoms with Crippen LogP contribution >= 0.6 is 0 Å². The molecule has 0 aromatic rings. The number of methoxy groups -OCH3 is 1. The Kier molecular flexibility index (Phi) is 6.85. The summed E-state index contributed by atoms with van der Waals surface area (Å²) < 4.78 is 4.73. The van der Waals surface area contributed by atoms with Crippen molar-refractivity contribution in [2.45, 2.75) is 66.0 Å². The fourth-order valence-electron chi connectivity index (χ4n) is 2.80. The van der Waals surface area contributed by atoms with Gasteiger partial charge in [-0.2, -0.15) is 0 Å².